The van der Waals surface area contributed by atoms with E-state index >= 15 is 0 Å². The second-order valence-electron chi connectivity index (χ2n) is 15.1. The zero-order valence-electron chi connectivity index (χ0n) is 22.6. The normalized spacial score (nSPS) is 54.5. The van der Waals surface area contributed by atoms with E-state index < -0.39 is 5.41 Å². The molecule has 5 aliphatic carbocycles. The van der Waals surface area contributed by atoms with Gasteiger partial charge in [0.25, 0.3) is 0 Å². The van der Waals surface area contributed by atoms with Crippen LogP contribution >= 0.6 is 0 Å². The number of fused-ring (bicyclic) bond motifs is 7. The average Bonchev–Trinajstić information content (AvgIpc) is 3.09. The topological polar surface area (TPSA) is 49.7 Å². The van der Waals surface area contributed by atoms with Crippen LogP contribution < -0.4 is 0 Å². The van der Waals surface area contributed by atoms with Gasteiger partial charge in [-0.05, 0) is 109 Å². The van der Waals surface area contributed by atoms with Crippen LogP contribution in [0.1, 0.15) is 113 Å². The van der Waals surface area contributed by atoms with Crippen LogP contribution in [0.3, 0.4) is 0 Å². The summed E-state index contributed by atoms with van der Waals surface area (Å²) in [6.45, 7) is 19.6. The lowest BCUT2D eigenvalue weighted by Crippen LogP contribution is -2.67. The van der Waals surface area contributed by atoms with E-state index in [9.17, 15) is 10.0 Å². The van der Waals surface area contributed by atoms with E-state index in [2.05, 4.69) is 60.5 Å². The van der Waals surface area contributed by atoms with Gasteiger partial charge in [-0.3, -0.25) is 4.79 Å². The Morgan fingerprint density at radius 3 is 2.18 bits per heavy atom. The van der Waals surface area contributed by atoms with Crippen LogP contribution in [-0.2, 0) is 4.79 Å². The molecule has 5 fully saturated rings. The number of Topliss-reactive ketones (excluding diaryl/α,β-unsaturated/α-hetero) is 1. The van der Waals surface area contributed by atoms with Crippen molar-refractivity contribution in [2.45, 2.75) is 113 Å². The standard InChI is InChI=1S/C30H49NO2/c1-18(2)19-11-13-27(5)15-16-29(7)20(24(19)27)9-10-23-28(6)17-21(31-33)25(32)26(3,4)22(28)12-14-30(23,29)8/h18-20,22-24,33H,9-17H2,1-8H3/b31-21+/t19-,20+,22-,23+,24+,27+,28-,29+,30+/m0/s1. The summed E-state index contributed by atoms with van der Waals surface area (Å²) in [4.78, 5) is 13.2. The molecule has 0 bridgehead atoms. The third-order valence-corrected chi connectivity index (χ3v) is 13.4. The molecule has 5 saturated carbocycles. The Hall–Kier alpha value is -0.860. The number of nitrogens with zero attached hydrogens (tertiary/aromatic N) is 1. The highest BCUT2D eigenvalue weighted by Gasteiger charge is 2.71. The zero-order chi connectivity index (χ0) is 24.2. The lowest BCUT2D eigenvalue weighted by Gasteiger charge is -2.72. The zero-order valence-corrected chi connectivity index (χ0v) is 22.6. The maximum Gasteiger partial charge on any atom is 0.186 e. The summed E-state index contributed by atoms with van der Waals surface area (Å²) in [5, 5.41) is 13.3. The van der Waals surface area contributed by atoms with E-state index in [0.717, 1.165) is 30.1 Å². The fourth-order valence-electron chi connectivity index (χ4n) is 11.6. The van der Waals surface area contributed by atoms with Gasteiger partial charge in [0.1, 0.15) is 5.71 Å². The Labute approximate surface area is 202 Å². The van der Waals surface area contributed by atoms with Crippen LogP contribution in [0.4, 0.5) is 0 Å². The van der Waals surface area contributed by atoms with E-state index in [4.69, 9.17) is 0 Å². The van der Waals surface area contributed by atoms with Crippen molar-refractivity contribution in [1.29, 1.82) is 0 Å². The van der Waals surface area contributed by atoms with Crippen molar-refractivity contribution in [2.75, 3.05) is 0 Å². The fraction of sp³-hybridized carbons (Fsp3) is 0.933. The molecule has 0 saturated heterocycles. The van der Waals surface area contributed by atoms with Gasteiger partial charge in [0.05, 0.1) is 0 Å². The number of hydrogen-bond acceptors (Lipinski definition) is 3. The minimum atomic E-state index is -0.438. The first-order valence-electron chi connectivity index (χ1n) is 14.0. The highest BCUT2D eigenvalue weighted by molar-refractivity contribution is 6.42. The molecule has 5 aliphatic rings. The van der Waals surface area contributed by atoms with Gasteiger partial charge in [-0.2, -0.15) is 0 Å². The van der Waals surface area contributed by atoms with Gasteiger partial charge in [-0.25, -0.2) is 0 Å². The summed E-state index contributed by atoms with van der Waals surface area (Å²) in [6.07, 6.45) is 11.3. The lowest BCUT2D eigenvalue weighted by molar-refractivity contribution is -0.228. The maximum absolute atomic E-state index is 13.2. The fourth-order valence-corrected chi connectivity index (χ4v) is 11.6. The molecular weight excluding hydrogens is 406 g/mol. The minimum absolute atomic E-state index is 0.0355. The Bertz CT molecular complexity index is 875. The van der Waals surface area contributed by atoms with E-state index in [0.29, 0.717) is 40.2 Å². The third-order valence-electron chi connectivity index (χ3n) is 13.4. The summed E-state index contributed by atoms with van der Waals surface area (Å²) in [5.74, 6) is 4.42. The molecule has 0 heterocycles. The second-order valence-corrected chi connectivity index (χ2v) is 15.1. The predicted molar refractivity (Wildman–Crippen MR) is 134 cm³/mol. The van der Waals surface area contributed by atoms with Gasteiger partial charge < -0.3 is 5.21 Å². The first-order valence-corrected chi connectivity index (χ1v) is 14.0. The van der Waals surface area contributed by atoms with Gasteiger partial charge in [0, 0.05) is 11.8 Å². The average molecular weight is 456 g/mol. The van der Waals surface area contributed by atoms with Gasteiger partial charge in [0.2, 0.25) is 0 Å². The molecule has 9 atom stereocenters. The van der Waals surface area contributed by atoms with E-state index in [1.165, 1.54) is 44.9 Å². The number of oxime groups is 1. The molecule has 0 aromatic heterocycles. The first-order chi connectivity index (χ1) is 15.3. The van der Waals surface area contributed by atoms with Gasteiger partial charge in [-0.1, -0.05) is 60.5 Å². The van der Waals surface area contributed by atoms with Crippen LogP contribution in [0.25, 0.3) is 0 Å². The van der Waals surface area contributed by atoms with Crippen molar-refractivity contribution in [1.82, 2.24) is 0 Å². The molecular formula is C30H49NO2. The lowest BCUT2D eigenvalue weighted by atomic mass is 9.32. The number of carbonyl (C=O) groups is 1. The Kier molecular flexibility index (Phi) is 5.13. The number of carbonyl (C=O) groups excluding carboxylic acids is 1. The largest absolute Gasteiger partial charge is 0.411 e. The molecule has 33 heavy (non-hydrogen) atoms. The van der Waals surface area contributed by atoms with Crippen molar-refractivity contribution in [3.8, 4) is 0 Å². The summed E-state index contributed by atoms with van der Waals surface area (Å²) in [7, 11) is 0. The second kappa shape index (κ2) is 7.10. The molecule has 0 spiro atoms. The van der Waals surface area contributed by atoms with Crippen LogP contribution in [0, 0.1) is 62.6 Å². The molecule has 3 heteroatoms. The first kappa shape index (κ1) is 23.9. The summed E-state index contributed by atoms with van der Waals surface area (Å²) in [5.41, 5.74) is 1.24. The van der Waals surface area contributed by atoms with Crippen molar-refractivity contribution in [2.24, 2.45) is 67.7 Å². The highest BCUT2D eigenvalue weighted by Crippen LogP contribution is 2.77. The van der Waals surface area contributed by atoms with Crippen LogP contribution in [0.15, 0.2) is 5.16 Å². The number of rotatable bonds is 1. The summed E-state index contributed by atoms with van der Waals surface area (Å²) >= 11 is 0. The monoisotopic (exact) mass is 455 g/mol. The Balaban J connectivity index is 1.57. The molecule has 0 aliphatic heterocycles. The molecule has 5 rings (SSSR count). The molecule has 0 radical (unpaired) electrons. The Morgan fingerprint density at radius 1 is 0.848 bits per heavy atom. The van der Waals surface area contributed by atoms with Crippen LogP contribution in [-0.4, -0.2) is 16.7 Å². The summed E-state index contributed by atoms with van der Waals surface area (Å²) in [6, 6.07) is 0. The maximum atomic E-state index is 13.2. The van der Waals surface area contributed by atoms with E-state index in [1.807, 2.05) is 0 Å². The minimum Gasteiger partial charge on any atom is -0.411 e. The summed E-state index contributed by atoms with van der Waals surface area (Å²) < 4.78 is 0. The SMILES string of the molecule is CC(C)[C@@H]1CC[C@]2(C)CC[C@]3(C)[C@H](CC[C@@H]4[C@@]5(C)C/C(=N\O)C(=O)C(C)(C)[C@@H]5CC[C@]43C)[C@@H]12. The quantitative estimate of drug-likeness (QED) is 0.324. The van der Waals surface area contributed by atoms with Crippen molar-refractivity contribution in [3.63, 3.8) is 0 Å². The highest BCUT2D eigenvalue weighted by atomic mass is 16.4. The smallest absolute Gasteiger partial charge is 0.186 e. The molecule has 0 unspecified atom stereocenters. The van der Waals surface area contributed by atoms with Gasteiger partial charge >= 0.3 is 0 Å². The molecule has 0 aromatic carbocycles. The Morgan fingerprint density at radius 2 is 1.55 bits per heavy atom. The number of hydrogen-bond donors (Lipinski definition) is 1. The molecule has 0 amide bonds. The van der Waals surface area contributed by atoms with E-state index in [-0.39, 0.29) is 11.2 Å². The molecule has 3 nitrogen and oxygen atoms in total. The molecule has 0 aromatic rings. The van der Waals surface area contributed by atoms with Gasteiger partial charge in [-0.15, -0.1) is 0 Å². The number of ketones is 1. The third kappa shape index (κ3) is 2.80. The predicted octanol–water partition coefficient (Wildman–Crippen LogP) is 7.75. The van der Waals surface area contributed by atoms with Gasteiger partial charge in [0.15, 0.2) is 5.78 Å². The van der Waals surface area contributed by atoms with E-state index in [1.54, 1.807) is 0 Å². The van der Waals surface area contributed by atoms with Crippen LogP contribution in [0.5, 0.6) is 0 Å². The van der Waals surface area contributed by atoms with Crippen molar-refractivity contribution < 1.29 is 10.0 Å². The van der Waals surface area contributed by atoms with Crippen molar-refractivity contribution in [3.05, 3.63) is 0 Å². The van der Waals surface area contributed by atoms with Crippen LogP contribution in [0.2, 0.25) is 0 Å². The molecule has 1 N–H and O–H groups in total. The van der Waals surface area contributed by atoms with Crippen molar-refractivity contribution >= 4 is 11.5 Å². The molecule has 186 valence electrons.